The zero-order chi connectivity index (χ0) is 18.6. The predicted molar refractivity (Wildman–Crippen MR) is 102 cm³/mol. The number of aromatic nitrogens is 2. The number of carbonyl (C=O) groups is 1. The lowest BCUT2D eigenvalue weighted by Crippen LogP contribution is -2.42. The van der Waals surface area contributed by atoms with Crippen molar-refractivity contribution < 1.29 is 9.18 Å². The van der Waals surface area contributed by atoms with E-state index in [0.29, 0.717) is 24.5 Å². The Kier molecular flexibility index (Phi) is 5.18. The number of nitrogens with zero attached hydrogens (tertiary/aromatic N) is 4. The topological polar surface area (TPSA) is 61.4 Å². The van der Waals surface area contributed by atoms with Gasteiger partial charge < -0.3 is 15.1 Å². The van der Waals surface area contributed by atoms with Crippen LogP contribution in [0, 0.1) is 5.82 Å². The van der Waals surface area contributed by atoms with E-state index < -0.39 is 0 Å². The highest BCUT2D eigenvalue weighted by atomic mass is 19.1. The maximum atomic E-state index is 13.8. The average molecular weight is 369 g/mol. The highest BCUT2D eigenvalue weighted by molar-refractivity contribution is 5.92. The Morgan fingerprint density at radius 1 is 1.00 bits per heavy atom. The van der Waals surface area contributed by atoms with Crippen molar-refractivity contribution in [2.75, 3.05) is 36.4 Å². The normalized spacial score (nSPS) is 18.0. The zero-order valence-corrected chi connectivity index (χ0v) is 15.3. The van der Waals surface area contributed by atoms with Crippen LogP contribution in [0.25, 0.3) is 0 Å². The van der Waals surface area contributed by atoms with Crippen LogP contribution in [-0.4, -0.2) is 53.2 Å². The van der Waals surface area contributed by atoms with Crippen LogP contribution >= 0.6 is 0 Å². The van der Waals surface area contributed by atoms with E-state index >= 15 is 0 Å². The lowest BCUT2D eigenvalue weighted by molar-refractivity contribution is 0.0711. The van der Waals surface area contributed by atoms with Crippen LogP contribution in [0.15, 0.2) is 36.4 Å². The number of piperidine rings is 1. The first-order chi connectivity index (χ1) is 13.2. The van der Waals surface area contributed by atoms with E-state index in [4.69, 9.17) is 0 Å². The number of amides is 1. The highest BCUT2D eigenvalue weighted by Gasteiger charge is 2.25. The summed E-state index contributed by atoms with van der Waals surface area (Å²) in [5, 5.41) is 11.6. The zero-order valence-electron chi connectivity index (χ0n) is 15.3. The first-order valence-electron chi connectivity index (χ1n) is 9.60. The second-order valence-corrected chi connectivity index (χ2v) is 7.16. The van der Waals surface area contributed by atoms with Crippen LogP contribution in [0.1, 0.15) is 36.2 Å². The Morgan fingerprint density at radius 3 is 2.41 bits per heavy atom. The van der Waals surface area contributed by atoms with Gasteiger partial charge in [-0.2, -0.15) is 0 Å². The van der Waals surface area contributed by atoms with Gasteiger partial charge in [-0.15, -0.1) is 10.2 Å². The molecule has 0 bridgehead atoms. The van der Waals surface area contributed by atoms with E-state index in [1.807, 2.05) is 12.1 Å². The van der Waals surface area contributed by atoms with Crippen LogP contribution in [0.2, 0.25) is 0 Å². The minimum atomic E-state index is -0.246. The number of benzene rings is 1. The number of rotatable bonds is 4. The molecular formula is C20H24FN5O. The van der Waals surface area contributed by atoms with Crippen LogP contribution in [-0.2, 0) is 0 Å². The first-order valence-corrected chi connectivity index (χ1v) is 9.60. The molecule has 142 valence electrons. The Labute approximate surface area is 158 Å². The summed E-state index contributed by atoms with van der Waals surface area (Å²) in [6.07, 6.45) is 3.91. The summed E-state index contributed by atoms with van der Waals surface area (Å²) < 4.78 is 13.8. The fourth-order valence-corrected chi connectivity index (χ4v) is 3.74. The van der Waals surface area contributed by atoms with Crippen molar-refractivity contribution in [1.29, 1.82) is 0 Å². The van der Waals surface area contributed by atoms with E-state index in [0.717, 1.165) is 31.7 Å². The minimum absolute atomic E-state index is 0.0835. The van der Waals surface area contributed by atoms with Gasteiger partial charge in [0.2, 0.25) is 0 Å². The summed E-state index contributed by atoms with van der Waals surface area (Å²) in [5.41, 5.74) is 0.907. The predicted octanol–water partition coefficient (Wildman–Crippen LogP) is 2.93. The Hall–Kier alpha value is -2.70. The fraction of sp³-hybridized carbons (Fsp3) is 0.450. The number of likely N-dealkylation sites (tertiary alicyclic amines) is 1. The summed E-state index contributed by atoms with van der Waals surface area (Å²) in [6.45, 7) is 3.26. The monoisotopic (exact) mass is 369 g/mol. The molecule has 6 nitrogen and oxygen atoms in total. The molecule has 2 fully saturated rings. The molecule has 2 saturated heterocycles. The van der Waals surface area contributed by atoms with Crippen molar-refractivity contribution in [3.8, 4) is 0 Å². The number of para-hydroxylation sites is 1. The van der Waals surface area contributed by atoms with E-state index in [1.54, 1.807) is 23.1 Å². The van der Waals surface area contributed by atoms with Gasteiger partial charge in [0.1, 0.15) is 5.82 Å². The maximum Gasteiger partial charge on any atom is 0.274 e. The van der Waals surface area contributed by atoms with Crippen LogP contribution < -0.4 is 10.2 Å². The molecule has 1 aromatic heterocycles. The summed E-state index contributed by atoms with van der Waals surface area (Å²) >= 11 is 0. The number of anilines is 2. The number of hydrogen-bond donors (Lipinski definition) is 1. The molecule has 0 aliphatic carbocycles. The van der Waals surface area contributed by atoms with E-state index in [1.165, 1.54) is 18.9 Å². The third-order valence-electron chi connectivity index (χ3n) is 5.32. The molecule has 0 spiro atoms. The molecule has 1 amide bonds. The van der Waals surface area contributed by atoms with Crippen molar-refractivity contribution >= 4 is 17.4 Å². The quantitative estimate of drug-likeness (QED) is 0.898. The molecule has 0 atom stereocenters. The molecule has 2 aromatic rings. The highest BCUT2D eigenvalue weighted by Crippen LogP contribution is 2.21. The summed E-state index contributed by atoms with van der Waals surface area (Å²) in [4.78, 5) is 16.7. The van der Waals surface area contributed by atoms with Crippen molar-refractivity contribution in [1.82, 2.24) is 15.1 Å². The van der Waals surface area contributed by atoms with Gasteiger partial charge in [-0.25, -0.2) is 4.39 Å². The lowest BCUT2D eigenvalue weighted by Gasteiger charge is -2.32. The summed E-state index contributed by atoms with van der Waals surface area (Å²) in [5.74, 6) is 0.515. The Balaban J connectivity index is 1.32. The molecular weight excluding hydrogens is 345 g/mol. The van der Waals surface area contributed by atoms with E-state index in [9.17, 15) is 9.18 Å². The smallest absolute Gasteiger partial charge is 0.274 e. The van der Waals surface area contributed by atoms with Crippen molar-refractivity contribution in [2.24, 2.45) is 0 Å². The van der Waals surface area contributed by atoms with Gasteiger partial charge in [-0.05, 0) is 49.9 Å². The summed E-state index contributed by atoms with van der Waals surface area (Å²) in [6, 6.07) is 10.5. The fourth-order valence-electron chi connectivity index (χ4n) is 3.74. The van der Waals surface area contributed by atoms with Gasteiger partial charge in [0.25, 0.3) is 5.91 Å². The molecule has 1 N–H and O–H groups in total. The van der Waals surface area contributed by atoms with Crippen LogP contribution in [0.5, 0.6) is 0 Å². The third-order valence-corrected chi connectivity index (χ3v) is 5.32. The molecule has 1 aromatic carbocycles. The second-order valence-electron chi connectivity index (χ2n) is 7.16. The van der Waals surface area contributed by atoms with Gasteiger partial charge in [0.05, 0.1) is 5.69 Å². The Morgan fingerprint density at radius 2 is 1.74 bits per heavy atom. The second kappa shape index (κ2) is 7.90. The van der Waals surface area contributed by atoms with Gasteiger partial charge in [-0.1, -0.05) is 12.1 Å². The maximum absolute atomic E-state index is 13.8. The molecule has 0 unspecified atom stereocenters. The number of nitrogens with one attached hydrogen (secondary N) is 1. The lowest BCUT2D eigenvalue weighted by atomic mass is 10.0. The summed E-state index contributed by atoms with van der Waals surface area (Å²) in [7, 11) is 0. The largest absolute Gasteiger partial charge is 0.380 e. The molecule has 2 aliphatic rings. The van der Waals surface area contributed by atoms with E-state index in [-0.39, 0.29) is 17.8 Å². The number of hydrogen-bond acceptors (Lipinski definition) is 5. The number of carbonyl (C=O) groups excluding carboxylic acids is 1. The standard InChI is InChI=1S/C20H24FN5O/c21-16-5-1-2-6-17(16)22-15-9-13-26(14-10-15)20(27)18-7-8-19(24-23-18)25-11-3-4-12-25/h1-2,5-8,15,22H,3-4,9-14H2. The van der Waals surface area contributed by atoms with Crippen molar-refractivity contribution in [3.63, 3.8) is 0 Å². The van der Waals surface area contributed by atoms with Gasteiger partial charge in [-0.3, -0.25) is 4.79 Å². The van der Waals surface area contributed by atoms with Gasteiger partial charge in [0, 0.05) is 32.2 Å². The van der Waals surface area contributed by atoms with Crippen molar-refractivity contribution in [2.45, 2.75) is 31.7 Å². The number of halogens is 1. The van der Waals surface area contributed by atoms with E-state index in [2.05, 4.69) is 20.4 Å². The average Bonchev–Trinajstić information content (AvgIpc) is 3.25. The first kappa shape index (κ1) is 17.7. The molecule has 27 heavy (non-hydrogen) atoms. The van der Waals surface area contributed by atoms with Crippen LogP contribution in [0.3, 0.4) is 0 Å². The van der Waals surface area contributed by atoms with Crippen molar-refractivity contribution in [3.05, 3.63) is 47.9 Å². The molecule has 0 saturated carbocycles. The SMILES string of the molecule is O=C(c1ccc(N2CCCC2)nn1)N1CCC(Nc2ccccc2F)CC1. The third kappa shape index (κ3) is 4.02. The molecule has 2 aliphatic heterocycles. The minimum Gasteiger partial charge on any atom is -0.380 e. The van der Waals surface area contributed by atoms with Gasteiger partial charge >= 0.3 is 0 Å². The molecule has 7 heteroatoms. The molecule has 0 radical (unpaired) electrons. The molecule has 4 rings (SSSR count). The van der Waals surface area contributed by atoms with Crippen LogP contribution in [0.4, 0.5) is 15.9 Å². The Bertz CT molecular complexity index is 783. The molecule has 3 heterocycles. The van der Waals surface area contributed by atoms with Gasteiger partial charge in [0.15, 0.2) is 11.5 Å².